The van der Waals surface area contributed by atoms with Crippen LogP contribution in [0.5, 0.6) is 0 Å². The number of fused-ring (bicyclic) bond motifs is 3. The Kier molecular flexibility index (Phi) is 5.25. The molecule has 8 heteroatoms. The molecule has 0 fully saturated rings. The predicted octanol–water partition coefficient (Wildman–Crippen LogP) is 2.93. The second-order valence-corrected chi connectivity index (χ2v) is 7.20. The van der Waals surface area contributed by atoms with Gasteiger partial charge in [-0.25, -0.2) is 4.98 Å². The molecular formula is C20H20ClN5O2. The molecule has 2 heterocycles. The number of para-hydroxylation sites is 1. The summed E-state index contributed by atoms with van der Waals surface area (Å²) in [5.74, 6) is -0.451. The van der Waals surface area contributed by atoms with Crippen molar-refractivity contribution in [3.05, 3.63) is 58.8 Å². The Hall–Kier alpha value is -2.93. The summed E-state index contributed by atoms with van der Waals surface area (Å²) in [6, 6.07) is 5.79. The van der Waals surface area contributed by atoms with Crippen LogP contribution in [0, 0.1) is 0 Å². The van der Waals surface area contributed by atoms with Crippen molar-refractivity contribution in [2.75, 3.05) is 6.54 Å². The summed E-state index contributed by atoms with van der Waals surface area (Å²) >= 11 is 6.31. The van der Waals surface area contributed by atoms with E-state index in [-0.39, 0.29) is 36.5 Å². The number of aromatic amines is 1. The van der Waals surface area contributed by atoms with E-state index < -0.39 is 0 Å². The Labute approximate surface area is 166 Å². The number of nitrogens with one attached hydrogen (secondary N) is 3. The molecule has 1 aromatic carbocycles. The van der Waals surface area contributed by atoms with Gasteiger partial charge in [-0.2, -0.15) is 0 Å². The van der Waals surface area contributed by atoms with Crippen LogP contribution in [0.15, 0.2) is 36.8 Å². The number of benzene rings is 1. The number of hydrogen-bond donors (Lipinski definition) is 3. The molecule has 28 heavy (non-hydrogen) atoms. The Morgan fingerprint density at radius 3 is 3.00 bits per heavy atom. The fraction of sp³-hybridized carbons (Fsp3) is 0.300. The smallest absolute Gasteiger partial charge is 0.271 e. The minimum Gasteiger partial charge on any atom is -0.355 e. The van der Waals surface area contributed by atoms with Crippen LogP contribution in [-0.4, -0.2) is 33.3 Å². The molecule has 4 rings (SSSR count). The average Bonchev–Trinajstić information content (AvgIpc) is 3.10. The Morgan fingerprint density at radius 1 is 1.29 bits per heavy atom. The lowest BCUT2D eigenvalue weighted by atomic mass is 9.91. The van der Waals surface area contributed by atoms with Gasteiger partial charge in [0.15, 0.2) is 0 Å². The van der Waals surface area contributed by atoms with Crippen LogP contribution < -0.4 is 10.6 Å². The van der Waals surface area contributed by atoms with Gasteiger partial charge in [0.1, 0.15) is 5.69 Å². The van der Waals surface area contributed by atoms with Gasteiger partial charge in [0.05, 0.1) is 22.8 Å². The highest BCUT2D eigenvalue weighted by molar-refractivity contribution is 6.35. The standard InChI is InChI=1S/C20H20ClN5O2/c21-14-5-1-3-12-13-4-2-6-15(19(13)26-18(12)14)25-17(27)7-8-24-20(28)16-11-22-9-10-23-16/h1,3,5,9-11,15,26H,2,4,6-8H2,(H,24,28)(H,25,27). The number of H-pyrrole nitrogens is 1. The molecule has 2 amide bonds. The lowest BCUT2D eigenvalue weighted by Gasteiger charge is -2.24. The van der Waals surface area contributed by atoms with Crippen LogP contribution in [0.4, 0.5) is 0 Å². The fourth-order valence-corrected chi connectivity index (χ4v) is 3.88. The zero-order valence-corrected chi connectivity index (χ0v) is 15.9. The number of rotatable bonds is 5. The van der Waals surface area contributed by atoms with Gasteiger partial charge in [-0.3, -0.25) is 14.6 Å². The number of aromatic nitrogens is 3. The Morgan fingerprint density at radius 2 is 2.18 bits per heavy atom. The average molecular weight is 398 g/mol. The number of halogens is 1. The van der Waals surface area contributed by atoms with Crippen LogP contribution >= 0.6 is 11.6 Å². The molecule has 7 nitrogen and oxygen atoms in total. The maximum absolute atomic E-state index is 12.4. The number of carbonyl (C=O) groups excluding carboxylic acids is 2. The molecule has 0 radical (unpaired) electrons. The predicted molar refractivity (Wildman–Crippen MR) is 106 cm³/mol. The van der Waals surface area contributed by atoms with Crippen molar-refractivity contribution in [2.45, 2.75) is 31.7 Å². The van der Waals surface area contributed by atoms with Crippen LogP contribution in [0.25, 0.3) is 10.9 Å². The second-order valence-electron chi connectivity index (χ2n) is 6.79. The molecular weight excluding hydrogens is 378 g/mol. The molecule has 0 saturated carbocycles. The minimum atomic E-state index is -0.342. The van der Waals surface area contributed by atoms with Crippen LogP contribution in [0.3, 0.4) is 0 Å². The van der Waals surface area contributed by atoms with Crippen molar-refractivity contribution < 1.29 is 9.59 Å². The van der Waals surface area contributed by atoms with E-state index >= 15 is 0 Å². The highest BCUT2D eigenvalue weighted by atomic mass is 35.5. The molecule has 1 atom stereocenters. The van der Waals surface area contributed by atoms with Crippen molar-refractivity contribution >= 4 is 34.3 Å². The first-order valence-corrected chi connectivity index (χ1v) is 9.64. The molecule has 0 aliphatic heterocycles. The van der Waals surface area contributed by atoms with Gasteiger partial charge in [-0.1, -0.05) is 23.7 Å². The largest absolute Gasteiger partial charge is 0.355 e. The SMILES string of the molecule is O=C(CCNC(=O)c1cnccn1)NC1CCCc2c1[nH]c1c(Cl)cccc21. The van der Waals surface area contributed by atoms with E-state index in [1.54, 1.807) is 0 Å². The summed E-state index contributed by atoms with van der Waals surface area (Å²) in [6.45, 7) is 0.235. The van der Waals surface area contributed by atoms with E-state index in [0.29, 0.717) is 5.02 Å². The van der Waals surface area contributed by atoms with Gasteiger partial charge in [-0.15, -0.1) is 0 Å². The van der Waals surface area contributed by atoms with Gasteiger partial charge in [-0.05, 0) is 30.9 Å². The van der Waals surface area contributed by atoms with Gasteiger partial charge in [0.25, 0.3) is 5.91 Å². The van der Waals surface area contributed by atoms with E-state index in [4.69, 9.17) is 11.6 Å². The van der Waals surface area contributed by atoms with Gasteiger partial charge in [0, 0.05) is 36.4 Å². The minimum absolute atomic E-state index is 0.0737. The van der Waals surface area contributed by atoms with Crippen molar-refractivity contribution in [2.24, 2.45) is 0 Å². The van der Waals surface area contributed by atoms with Crippen LogP contribution in [0.1, 0.15) is 47.1 Å². The third-order valence-electron chi connectivity index (χ3n) is 4.96. The normalized spacial score (nSPS) is 15.8. The monoisotopic (exact) mass is 397 g/mol. The molecule has 0 saturated heterocycles. The third kappa shape index (κ3) is 3.71. The third-order valence-corrected chi connectivity index (χ3v) is 5.28. The number of carbonyl (C=O) groups is 2. The number of aryl methyl sites for hydroxylation is 1. The van der Waals surface area contributed by atoms with Gasteiger partial charge < -0.3 is 15.6 Å². The number of hydrogen-bond acceptors (Lipinski definition) is 4. The van der Waals surface area contributed by atoms with Crippen molar-refractivity contribution in [1.29, 1.82) is 0 Å². The summed E-state index contributed by atoms with van der Waals surface area (Å²) in [4.78, 5) is 35.5. The molecule has 1 aliphatic carbocycles. The van der Waals surface area contributed by atoms with E-state index in [9.17, 15) is 9.59 Å². The van der Waals surface area contributed by atoms with Gasteiger partial charge >= 0.3 is 0 Å². The van der Waals surface area contributed by atoms with Crippen molar-refractivity contribution in [3.63, 3.8) is 0 Å². The maximum Gasteiger partial charge on any atom is 0.271 e. The molecule has 1 aliphatic rings. The lowest BCUT2D eigenvalue weighted by Crippen LogP contribution is -2.34. The van der Waals surface area contributed by atoms with Crippen molar-refractivity contribution in [3.8, 4) is 0 Å². The molecule has 3 N–H and O–H groups in total. The molecule has 3 aromatic rings. The van der Waals surface area contributed by atoms with E-state index in [2.05, 4.69) is 31.7 Å². The summed E-state index contributed by atoms with van der Waals surface area (Å²) in [5, 5.41) is 7.57. The zero-order valence-electron chi connectivity index (χ0n) is 15.2. The highest BCUT2D eigenvalue weighted by Gasteiger charge is 2.26. The quantitative estimate of drug-likeness (QED) is 0.616. The Bertz CT molecular complexity index is 1020. The second kappa shape index (κ2) is 7.98. The van der Waals surface area contributed by atoms with Crippen LogP contribution in [0.2, 0.25) is 5.02 Å². The zero-order chi connectivity index (χ0) is 19.5. The Balaban J connectivity index is 1.38. The number of nitrogens with zero attached hydrogens (tertiary/aromatic N) is 2. The van der Waals surface area contributed by atoms with E-state index in [1.165, 1.54) is 24.2 Å². The van der Waals surface area contributed by atoms with Gasteiger partial charge in [0.2, 0.25) is 5.91 Å². The molecule has 0 spiro atoms. The summed E-state index contributed by atoms with van der Waals surface area (Å²) in [6.07, 6.45) is 7.37. The summed E-state index contributed by atoms with van der Waals surface area (Å²) in [5.41, 5.74) is 3.41. The van der Waals surface area contributed by atoms with E-state index in [0.717, 1.165) is 35.9 Å². The molecule has 144 valence electrons. The fourth-order valence-electron chi connectivity index (χ4n) is 3.66. The highest BCUT2D eigenvalue weighted by Crippen LogP contribution is 2.36. The molecule has 1 unspecified atom stereocenters. The maximum atomic E-state index is 12.4. The first kappa shape index (κ1) is 18.4. The molecule has 0 bridgehead atoms. The first-order valence-electron chi connectivity index (χ1n) is 9.26. The topological polar surface area (TPSA) is 99.8 Å². The number of amides is 2. The lowest BCUT2D eigenvalue weighted by molar-refractivity contribution is -0.121. The van der Waals surface area contributed by atoms with Crippen molar-refractivity contribution in [1.82, 2.24) is 25.6 Å². The summed E-state index contributed by atoms with van der Waals surface area (Å²) in [7, 11) is 0. The van der Waals surface area contributed by atoms with E-state index in [1.807, 2.05) is 12.1 Å². The molecule has 2 aromatic heterocycles. The summed E-state index contributed by atoms with van der Waals surface area (Å²) < 4.78 is 0. The van der Waals surface area contributed by atoms with Crippen LogP contribution in [-0.2, 0) is 11.2 Å². The first-order chi connectivity index (χ1) is 13.6.